The molecule has 0 aromatic rings. The van der Waals surface area contributed by atoms with E-state index in [2.05, 4.69) is 9.93 Å². The van der Waals surface area contributed by atoms with E-state index in [-0.39, 0.29) is 27.6 Å². The van der Waals surface area contributed by atoms with Gasteiger partial charge in [0.05, 0.1) is 0 Å². The number of nitrogens with zero attached hydrogens (tertiary/aromatic N) is 3. The molecule has 7 heteroatoms. The third kappa shape index (κ3) is 2.51. The quantitative estimate of drug-likeness (QED) is 0.250. The van der Waals surface area contributed by atoms with Crippen LogP contribution in [0.5, 0.6) is 0 Å². The van der Waals surface area contributed by atoms with Gasteiger partial charge >= 0.3 is 5.84 Å². The SMILES string of the molecule is O=[N+]([O-])C1=N[N-]SC=C1.[Ti]. The zero-order valence-electron chi connectivity index (χ0n) is 4.72. The van der Waals surface area contributed by atoms with Crippen molar-refractivity contribution in [3.05, 3.63) is 26.4 Å². The van der Waals surface area contributed by atoms with Crippen LogP contribution < -0.4 is 0 Å². The summed E-state index contributed by atoms with van der Waals surface area (Å²) in [5.74, 6) is -0.214. The monoisotopic (exact) mass is 192 g/mol. The molecule has 1 aliphatic heterocycles. The molecule has 0 amide bonds. The van der Waals surface area contributed by atoms with Gasteiger partial charge in [-0.3, -0.25) is 0 Å². The first kappa shape index (κ1) is 9.67. The molecule has 10 heavy (non-hydrogen) atoms. The summed E-state index contributed by atoms with van der Waals surface area (Å²) in [5, 5.41) is 14.7. The summed E-state index contributed by atoms with van der Waals surface area (Å²) in [6.07, 6.45) is 1.30. The van der Waals surface area contributed by atoms with Crippen LogP contribution in [0.3, 0.4) is 0 Å². The predicted molar refractivity (Wildman–Crippen MR) is 34.5 cm³/mol. The maximum absolute atomic E-state index is 9.91. The van der Waals surface area contributed by atoms with Gasteiger partial charge in [0, 0.05) is 27.8 Å². The van der Waals surface area contributed by atoms with E-state index >= 15 is 0 Å². The molecule has 0 aliphatic carbocycles. The fourth-order valence-corrected chi connectivity index (χ4v) is 0.682. The Morgan fingerprint density at radius 1 is 1.80 bits per heavy atom. The van der Waals surface area contributed by atoms with Crippen molar-refractivity contribution < 1.29 is 26.6 Å². The zero-order chi connectivity index (χ0) is 6.69. The molecule has 1 aliphatic rings. The fraction of sp³-hybridized carbons (Fsp3) is 0. The van der Waals surface area contributed by atoms with Gasteiger partial charge in [0.2, 0.25) is 0 Å². The van der Waals surface area contributed by atoms with Gasteiger partial charge in [0.15, 0.2) is 0 Å². The van der Waals surface area contributed by atoms with Crippen molar-refractivity contribution in [2.75, 3.05) is 0 Å². The van der Waals surface area contributed by atoms with E-state index in [0.29, 0.717) is 0 Å². The van der Waals surface area contributed by atoms with Crippen molar-refractivity contribution in [3.8, 4) is 0 Å². The van der Waals surface area contributed by atoms with Crippen molar-refractivity contribution in [3.63, 3.8) is 0 Å². The second-order valence-electron chi connectivity index (χ2n) is 1.21. The second kappa shape index (κ2) is 4.48. The van der Waals surface area contributed by atoms with Crippen LogP contribution in [0, 0.1) is 10.1 Å². The molecule has 0 aromatic carbocycles. The van der Waals surface area contributed by atoms with Gasteiger partial charge < -0.3 is 14.9 Å². The van der Waals surface area contributed by atoms with Crippen molar-refractivity contribution in [1.82, 2.24) is 0 Å². The third-order valence-corrected chi connectivity index (χ3v) is 1.09. The summed E-state index contributed by atoms with van der Waals surface area (Å²) in [6.45, 7) is 0. The van der Waals surface area contributed by atoms with Gasteiger partial charge in [-0.2, -0.15) is 11.9 Å². The molecule has 52 valence electrons. The Kier molecular flexibility index (Phi) is 4.34. The smallest absolute Gasteiger partial charge is 0.349 e. The Morgan fingerprint density at radius 2 is 2.50 bits per heavy atom. The molecular weight excluding hydrogens is 190 g/mol. The van der Waals surface area contributed by atoms with Crippen LogP contribution >= 0.6 is 11.9 Å². The number of amidine groups is 1. The first-order valence-electron chi connectivity index (χ1n) is 2.05. The Hall–Kier alpha value is -0.326. The van der Waals surface area contributed by atoms with Crippen LogP contribution in [0.2, 0.25) is 0 Å². The minimum Gasteiger partial charge on any atom is -0.424 e. The second-order valence-corrected chi connectivity index (χ2v) is 1.85. The van der Waals surface area contributed by atoms with Crippen LogP contribution in [0.15, 0.2) is 16.6 Å². The maximum atomic E-state index is 9.91. The topological polar surface area (TPSA) is 69.6 Å². The Labute approximate surface area is 76.1 Å². The predicted octanol–water partition coefficient (Wildman–Crippen LogP) is 1.12. The summed E-state index contributed by atoms with van der Waals surface area (Å²) < 4.78 is 0. The van der Waals surface area contributed by atoms with E-state index in [1.54, 1.807) is 0 Å². The Morgan fingerprint density at radius 3 is 2.80 bits per heavy atom. The molecule has 0 spiro atoms. The summed E-state index contributed by atoms with van der Waals surface area (Å²) in [5.41, 5.74) is 0. The molecule has 0 fully saturated rings. The summed E-state index contributed by atoms with van der Waals surface area (Å²) in [4.78, 5) is 12.7. The number of nitro groups is 1. The Bertz CT molecular complexity index is 192. The largest absolute Gasteiger partial charge is 0.424 e. The molecular formula is C3H2N3O2STi-. The first-order valence-corrected chi connectivity index (χ1v) is 2.89. The van der Waals surface area contributed by atoms with E-state index in [4.69, 9.17) is 0 Å². The number of hydrogen-bond donors (Lipinski definition) is 0. The summed E-state index contributed by atoms with van der Waals surface area (Å²) in [7, 11) is 0. The molecule has 1 heterocycles. The summed E-state index contributed by atoms with van der Waals surface area (Å²) >= 11 is 1.07. The van der Waals surface area contributed by atoms with Crippen molar-refractivity contribution in [2.45, 2.75) is 0 Å². The molecule has 0 saturated heterocycles. The van der Waals surface area contributed by atoms with Crippen LogP contribution in [-0.4, -0.2) is 10.8 Å². The van der Waals surface area contributed by atoms with Gasteiger partial charge in [-0.15, -0.1) is 5.10 Å². The van der Waals surface area contributed by atoms with E-state index < -0.39 is 4.92 Å². The fourth-order valence-electron chi connectivity index (χ4n) is 0.315. The third-order valence-electron chi connectivity index (χ3n) is 0.655. The summed E-state index contributed by atoms with van der Waals surface area (Å²) in [6, 6.07) is 0. The molecule has 0 radical (unpaired) electrons. The van der Waals surface area contributed by atoms with Crippen LogP contribution in [0.4, 0.5) is 0 Å². The first-order chi connectivity index (χ1) is 4.30. The molecule has 5 nitrogen and oxygen atoms in total. The van der Waals surface area contributed by atoms with E-state index in [9.17, 15) is 10.1 Å². The van der Waals surface area contributed by atoms with E-state index in [1.165, 1.54) is 11.5 Å². The molecule has 0 atom stereocenters. The molecule has 0 bridgehead atoms. The van der Waals surface area contributed by atoms with Gasteiger partial charge in [-0.25, -0.2) is 0 Å². The molecule has 0 unspecified atom stereocenters. The molecule has 1 rings (SSSR count). The van der Waals surface area contributed by atoms with Crippen molar-refractivity contribution in [1.29, 1.82) is 0 Å². The average Bonchev–Trinajstić information content (AvgIpc) is 1.90. The van der Waals surface area contributed by atoms with Crippen LogP contribution in [0.1, 0.15) is 0 Å². The van der Waals surface area contributed by atoms with Gasteiger partial charge in [0.1, 0.15) is 0 Å². The normalized spacial score (nSPS) is 14.6. The van der Waals surface area contributed by atoms with Gasteiger partial charge in [0.25, 0.3) is 0 Å². The van der Waals surface area contributed by atoms with Crippen molar-refractivity contribution in [2.24, 2.45) is 5.10 Å². The van der Waals surface area contributed by atoms with Gasteiger partial charge in [-0.1, -0.05) is 0 Å². The molecule has 0 saturated carbocycles. The minimum absolute atomic E-state index is 0. The van der Waals surface area contributed by atoms with Crippen LogP contribution in [-0.2, 0) is 21.7 Å². The average molecular weight is 192 g/mol. The minimum atomic E-state index is -0.584. The standard InChI is InChI=1S/C3H2N3O2S.Ti/c7-6(8)3-1-2-9-5-4-3;/h1-2H;/q-1;. The van der Waals surface area contributed by atoms with Crippen molar-refractivity contribution >= 4 is 17.8 Å². The van der Waals surface area contributed by atoms with E-state index in [1.807, 2.05) is 0 Å². The number of hydrogen-bond acceptors (Lipinski definition) is 4. The number of rotatable bonds is 0. The Balaban J connectivity index is 0.000000810. The molecule has 0 N–H and O–H groups in total. The van der Waals surface area contributed by atoms with Gasteiger partial charge in [-0.05, 0) is 10.3 Å². The van der Waals surface area contributed by atoms with Crippen LogP contribution in [0.25, 0.3) is 4.83 Å². The zero-order valence-corrected chi connectivity index (χ0v) is 7.10. The van der Waals surface area contributed by atoms with E-state index in [0.717, 1.165) is 11.9 Å². The molecule has 0 aromatic heterocycles. The maximum Gasteiger partial charge on any atom is 0.349 e.